The molecule has 0 amide bonds. The quantitative estimate of drug-likeness (QED) is 0.254. The van der Waals surface area contributed by atoms with Gasteiger partial charge in [0.25, 0.3) is 5.89 Å². The summed E-state index contributed by atoms with van der Waals surface area (Å²) in [5.74, 6) is 2.10. The molecule has 8 nitrogen and oxygen atoms in total. The minimum absolute atomic E-state index is 0.567. The molecular weight excluding hydrogens is 394 g/mol. The van der Waals surface area contributed by atoms with Gasteiger partial charge >= 0.3 is 0 Å². The fourth-order valence-corrected chi connectivity index (χ4v) is 2.79. The average Bonchev–Trinajstić information content (AvgIpc) is 3.28. The third-order valence-corrected chi connectivity index (χ3v) is 4.56. The molecule has 0 spiro atoms. The number of unbranched alkanes of at least 4 members (excludes halogenated alkanes) is 1. The van der Waals surface area contributed by atoms with E-state index in [-0.39, 0.29) is 0 Å². The number of benzene rings is 1. The highest BCUT2D eigenvalue weighted by Crippen LogP contribution is 2.18. The number of rotatable bonds is 15. The average molecular weight is 432 g/mol. The van der Waals surface area contributed by atoms with Crippen molar-refractivity contribution >= 4 is 5.96 Å². The van der Waals surface area contributed by atoms with Crippen molar-refractivity contribution in [2.24, 2.45) is 4.99 Å². The molecule has 8 heteroatoms. The molecule has 0 aliphatic rings. The zero-order chi connectivity index (χ0) is 22.2. The standard InChI is InChI=1S/C23H37N5O3/c1-4-7-15-29-17-18-30-16-14-26-23(24-6-3)25-13-12-19-8-10-20(11-9-19)22-27-21(5-2)28-31-22/h8-11H,4-7,12-18H2,1-3H3,(H2,24,25,26). The Kier molecular flexibility index (Phi) is 12.3. The van der Waals surface area contributed by atoms with E-state index in [1.807, 2.05) is 19.1 Å². The number of nitrogens with one attached hydrogen (secondary N) is 2. The third kappa shape index (κ3) is 9.93. The summed E-state index contributed by atoms with van der Waals surface area (Å²) in [6.45, 7) is 11.1. The first-order valence-corrected chi connectivity index (χ1v) is 11.4. The second-order valence-corrected chi connectivity index (χ2v) is 7.08. The molecule has 1 aromatic carbocycles. The van der Waals surface area contributed by atoms with Crippen LogP contribution in [0.15, 0.2) is 33.8 Å². The molecule has 0 bridgehead atoms. The van der Waals surface area contributed by atoms with Crippen molar-refractivity contribution in [3.63, 3.8) is 0 Å². The highest BCUT2D eigenvalue weighted by Gasteiger charge is 2.07. The number of aryl methyl sites for hydroxylation is 1. The molecule has 1 heterocycles. The Balaban J connectivity index is 1.67. The number of aromatic nitrogens is 2. The van der Waals surface area contributed by atoms with E-state index in [1.165, 1.54) is 5.56 Å². The number of ether oxygens (including phenoxy) is 2. The van der Waals surface area contributed by atoms with E-state index in [9.17, 15) is 0 Å². The molecule has 2 rings (SSSR count). The van der Waals surface area contributed by atoms with Gasteiger partial charge in [0.05, 0.1) is 26.4 Å². The van der Waals surface area contributed by atoms with E-state index in [0.717, 1.165) is 62.7 Å². The lowest BCUT2D eigenvalue weighted by Gasteiger charge is -2.11. The lowest BCUT2D eigenvalue weighted by atomic mass is 10.1. The summed E-state index contributed by atoms with van der Waals surface area (Å²) >= 11 is 0. The fourth-order valence-electron chi connectivity index (χ4n) is 2.79. The van der Waals surface area contributed by atoms with Gasteiger partial charge in [-0.15, -0.1) is 0 Å². The van der Waals surface area contributed by atoms with Gasteiger partial charge in [0.2, 0.25) is 0 Å². The zero-order valence-corrected chi connectivity index (χ0v) is 19.2. The Morgan fingerprint density at radius 1 is 1.00 bits per heavy atom. The maximum absolute atomic E-state index is 5.57. The number of aliphatic imine (C=N–C) groups is 1. The normalized spacial score (nSPS) is 11.6. The molecule has 0 aliphatic heterocycles. The molecule has 2 aromatic rings. The van der Waals surface area contributed by atoms with Crippen LogP contribution in [0.25, 0.3) is 11.5 Å². The second kappa shape index (κ2) is 15.4. The van der Waals surface area contributed by atoms with E-state index >= 15 is 0 Å². The van der Waals surface area contributed by atoms with Crippen LogP contribution in [0.1, 0.15) is 45.0 Å². The summed E-state index contributed by atoms with van der Waals surface area (Å²) < 4.78 is 16.3. The summed E-state index contributed by atoms with van der Waals surface area (Å²) in [4.78, 5) is 8.92. The summed E-state index contributed by atoms with van der Waals surface area (Å²) in [5, 5.41) is 10.6. The molecule has 1 aromatic heterocycles. The fraction of sp³-hybridized carbons (Fsp3) is 0.609. The van der Waals surface area contributed by atoms with Crippen LogP contribution in [0.4, 0.5) is 0 Å². The summed E-state index contributed by atoms with van der Waals surface area (Å²) in [6, 6.07) is 8.22. The molecule has 0 unspecified atom stereocenters. The lowest BCUT2D eigenvalue weighted by molar-refractivity contribution is 0.0497. The first-order valence-electron chi connectivity index (χ1n) is 11.4. The lowest BCUT2D eigenvalue weighted by Crippen LogP contribution is -2.38. The highest BCUT2D eigenvalue weighted by molar-refractivity contribution is 5.79. The van der Waals surface area contributed by atoms with E-state index in [2.05, 4.69) is 51.7 Å². The summed E-state index contributed by atoms with van der Waals surface area (Å²) in [6.07, 6.45) is 3.91. The van der Waals surface area contributed by atoms with Crippen LogP contribution in [0, 0.1) is 0 Å². The van der Waals surface area contributed by atoms with Gasteiger partial charge < -0.3 is 24.6 Å². The van der Waals surface area contributed by atoms with Crippen LogP contribution in [0.2, 0.25) is 0 Å². The molecular formula is C23H37N5O3. The van der Waals surface area contributed by atoms with Crippen LogP contribution >= 0.6 is 0 Å². The first kappa shape index (κ1) is 24.8. The topological polar surface area (TPSA) is 93.8 Å². The Labute approximate surface area is 185 Å². The number of guanidine groups is 1. The maximum atomic E-state index is 5.57. The monoisotopic (exact) mass is 431 g/mol. The van der Waals surface area contributed by atoms with E-state index in [0.29, 0.717) is 32.3 Å². The molecule has 172 valence electrons. The van der Waals surface area contributed by atoms with E-state index < -0.39 is 0 Å². The Hall–Kier alpha value is -2.45. The van der Waals surface area contributed by atoms with Gasteiger partial charge in [-0.2, -0.15) is 4.98 Å². The zero-order valence-electron chi connectivity index (χ0n) is 19.2. The van der Waals surface area contributed by atoms with Crippen molar-refractivity contribution in [3.05, 3.63) is 35.7 Å². The predicted molar refractivity (Wildman–Crippen MR) is 123 cm³/mol. The molecule has 0 aliphatic carbocycles. The summed E-state index contributed by atoms with van der Waals surface area (Å²) in [7, 11) is 0. The minimum Gasteiger partial charge on any atom is -0.379 e. The van der Waals surface area contributed by atoms with E-state index in [1.54, 1.807) is 0 Å². The number of nitrogens with zero attached hydrogens (tertiary/aromatic N) is 3. The molecule has 31 heavy (non-hydrogen) atoms. The molecule has 0 saturated heterocycles. The molecule has 2 N–H and O–H groups in total. The second-order valence-electron chi connectivity index (χ2n) is 7.08. The smallest absolute Gasteiger partial charge is 0.257 e. The van der Waals surface area contributed by atoms with Crippen molar-refractivity contribution in [2.75, 3.05) is 46.1 Å². The van der Waals surface area contributed by atoms with Crippen molar-refractivity contribution in [1.82, 2.24) is 20.8 Å². The highest BCUT2D eigenvalue weighted by atomic mass is 16.5. The van der Waals surface area contributed by atoms with Gasteiger partial charge in [-0.1, -0.05) is 37.6 Å². The van der Waals surface area contributed by atoms with Crippen LogP contribution in [0.5, 0.6) is 0 Å². The van der Waals surface area contributed by atoms with Gasteiger partial charge in [-0.05, 0) is 37.5 Å². The van der Waals surface area contributed by atoms with Gasteiger partial charge in [0, 0.05) is 31.7 Å². The number of hydrogen-bond donors (Lipinski definition) is 2. The van der Waals surface area contributed by atoms with Crippen molar-refractivity contribution in [3.8, 4) is 11.5 Å². The predicted octanol–water partition coefficient (Wildman–Crippen LogP) is 3.23. The first-order chi connectivity index (χ1) is 15.3. The molecule has 0 fully saturated rings. The van der Waals surface area contributed by atoms with E-state index in [4.69, 9.17) is 14.0 Å². The molecule has 0 atom stereocenters. The molecule has 0 saturated carbocycles. The Bertz CT molecular complexity index is 746. The van der Waals surface area contributed by atoms with Crippen LogP contribution in [0.3, 0.4) is 0 Å². The Morgan fingerprint density at radius 3 is 2.45 bits per heavy atom. The minimum atomic E-state index is 0.567. The SMILES string of the molecule is CCCCOCCOCCN=C(NCC)NCCc1ccc(-c2nc(CC)no2)cc1. The summed E-state index contributed by atoms with van der Waals surface area (Å²) in [5.41, 5.74) is 2.17. The van der Waals surface area contributed by atoms with Crippen molar-refractivity contribution in [2.45, 2.75) is 46.5 Å². The van der Waals surface area contributed by atoms with Crippen LogP contribution in [-0.4, -0.2) is 62.2 Å². The largest absolute Gasteiger partial charge is 0.379 e. The van der Waals surface area contributed by atoms with Gasteiger partial charge in [0.1, 0.15) is 0 Å². The maximum Gasteiger partial charge on any atom is 0.257 e. The van der Waals surface area contributed by atoms with Crippen molar-refractivity contribution in [1.29, 1.82) is 0 Å². The Morgan fingerprint density at radius 2 is 1.77 bits per heavy atom. The number of hydrogen-bond acceptors (Lipinski definition) is 6. The molecule has 0 radical (unpaired) electrons. The van der Waals surface area contributed by atoms with Gasteiger partial charge in [-0.3, -0.25) is 4.99 Å². The van der Waals surface area contributed by atoms with Gasteiger partial charge in [0.15, 0.2) is 11.8 Å². The third-order valence-electron chi connectivity index (χ3n) is 4.56. The van der Waals surface area contributed by atoms with Crippen molar-refractivity contribution < 1.29 is 14.0 Å². The van der Waals surface area contributed by atoms with Crippen LogP contribution in [-0.2, 0) is 22.3 Å². The van der Waals surface area contributed by atoms with Crippen LogP contribution < -0.4 is 10.6 Å². The van der Waals surface area contributed by atoms with Gasteiger partial charge in [-0.25, -0.2) is 0 Å².